The number of rotatable bonds is 7. The highest BCUT2D eigenvalue weighted by Crippen LogP contribution is 2.31. The van der Waals surface area contributed by atoms with Crippen LogP contribution < -0.4 is 10.9 Å². The van der Waals surface area contributed by atoms with Gasteiger partial charge in [0.05, 0.1) is 10.4 Å². The summed E-state index contributed by atoms with van der Waals surface area (Å²) in [5.74, 6) is 0. The number of nitro groups is 1. The fourth-order valence-electron chi connectivity index (χ4n) is 2.94. The number of nitrogens with zero attached hydrogens (tertiary/aromatic N) is 2. The summed E-state index contributed by atoms with van der Waals surface area (Å²) in [6.07, 6.45) is 0.670. The highest BCUT2D eigenvalue weighted by Gasteiger charge is 2.26. The minimum Gasteiger partial charge on any atom is -0.385 e. The summed E-state index contributed by atoms with van der Waals surface area (Å²) in [7, 11) is 1.60. The van der Waals surface area contributed by atoms with E-state index in [1.807, 2.05) is 12.1 Å². The van der Waals surface area contributed by atoms with Gasteiger partial charge < -0.3 is 10.1 Å². The predicted octanol–water partition coefficient (Wildman–Crippen LogP) is 3.35. The summed E-state index contributed by atoms with van der Waals surface area (Å²) in [5.41, 5.74) is 0.337. The Bertz CT molecular complexity index is 983. The average molecular weight is 353 g/mol. The molecule has 2 aromatic carbocycles. The van der Waals surface area contributed by atoms with Crippen molar-refractivity contribution >= 4 is 22.3 Å². The number of ether oxygens (including phenoxy) is 1. The monoisotopic (exact) mass is 353 g/mol. The van der Waals surface area contributed by atoms with Crippen LogP contribution in [0.4, 0.5) is 11.4 Å². The van der Waals surface area contributed by atoms with E-state index in [9.17, 15) is 14.9 Å². The summed E-state index contributed by atoms with van der Waals surface area (Å²) in [6, 6.07) is 16.1. The Labute approximate surface area is 150 Å². The molecule has 0 aliphatic heterocycles. The average Bonchev–Trinajstić information content (AvgIpc) is 2.65. The van der Waals surface area contributed by atoms with Gasteiger partial charge in [-0.1, -0.05) is 36.4 Å². The van der Waals surface area contributed by atoms with Crippen LogP contribution in [-0.2, 0) is 4.74 Å². The number of hydrogen-bond acceptors (Lipinski definition) is 5. The first-order chi connectivity index (χ1) is 12.6. The summed E-state index contributed by atoms with van der Waals surface area (Å²) in [6.45, 7) is 0.993. The van der Waals surface area contributed by atoms with E-state index >= 15 is 0 Å². The summed E-state index contributed by atoms with van der Waals surface area (Å²) in [5, 5.41) is 15.4. The Morgan fingerprint density at radius 2 is 1.81 bits per heavy atom. The van der Waals surface area contributed by atoms with Crippen molar-refractivity contribution in [2.24, 2.45) is 0 Å². The standard InChI is InChI=1S/C19H19N3O4/c1-26-13-7-12-20-17-15-10-5-6-11-16(15)21(14-8-3-2-4-9-14)19(23)18(17)22(24)25/h2-6,8-11,20H,7,12-13H2,1H3. The van der Waals surface area contributed by atoms with Crippen LogP contribution in [-0.4, -0.2) is 29.8 Å². The molecule has 7 heteroatoms. The Kier molecular flexibility index (Phi) is 5.28. The summed E-state index contributed by atoms with van der Waals surface area (Å²) >= 11 is 0. The number of anilines is 1. The lowest BCUT2D eigenvalue weighted by atomic mass is 10.1. The van der Waals surface area contributed by atoms with Crippen LogP contribution in [0.25, 0.3) is 16.6 Å². The molecule has 0 saturated carbocycles. The number of para-hydroxylation sites is 2. The largest absolute Gasteiger partial charge is 0.385 e. The molecule has 26 heavy (non-hydrogen) atoms. The molecule has 0 amide bonds. The minimum atomic E-state index is -0.658. The van der Waals surface area contributed by atoms with Gasteiger partial charge in [-0.05, 0) is 24.6 Å². The van der Waals surface area contributed by atoms with Crippen LogP contribution in [0.15, 0.2) is 59.4 Å². The van der Waals surface area contributed by atoms with Crippen LogP contribution in [0.5, 0.6) is 0 Å². The van der Waals surface area contributed by atoms with Crippen molar-refractivity contribution in [3.63, 3.8) is 0 Å². The summed E-state index contributed by atoms with van der Waals surface area (Å²) < 4.78 is 6.39. The molecule has 0 spiro atoms. The first-order valence-electron chi connectivity index (χ1n) is 8.25. The van der Waals surface area contributed by atoms with Crippen molar-refractivity contribution in [1.29, 1.82) is 0 Å². The Morgan fingerprint density at radius 3 is 2.50 bits per heavy atom. The maximum absolute atomic E-state index is 13.0. The van der Waals surface area contributed by atoms with E-state index in [0.29, 0.717) is 36.2 Å². The van der Waals surface area contributed by atoms with Crippen LogP contribution in [0, 0.1) is 10.1 Å². The minimum absolute atomic E-state index is 0.249. The third-order valence-corrected chi connectivity index (χ3v) is 4.08. The van der Waals surface area contributed by atoms with Gasteiger partial charge >= 0.3 is 11.2 Å². The van der Waals surface area contributed by atoms with Gasteiger partial charge in [-0.15, -0.1) is 0 Å². The number of aromatic nitrogens is 1. The number of nitrogens with one attached hydrogen (secondary N) is 1. The van der Waals surface area contributed by atoms with Gasteiger partial charge in [0.25, 0.3) is 0 Å². The Morgan fingerprint density at radius 1 is 1.12 bits per heavy atom. The van der Waals surface area contributed by atoms with Crippen molar-refractivity contribution in [2.75, 3.05) is 25.6 Å². The van der Waals surface area contributed by atoms with E-state index in [-0.39, 0.29) is 5.69 Å². The lowest BCUT2D eigenvalue weighted by Gasteiger charge is -2.15. The van der Waals surface area contributed by atoms with E-state index in [1.165, 1.54) is 4.57 Å². The van der Waals surface area contributed by atoms with Gasteiger partial charge in [-0.2, -0.15) is 0 Å². The first-order valence-corrected chi connectivity index (χ1v) is 8.25. The highest BCUT2D eigenvalue weighted by atomic mass is 16.6. The highest BCUT2D eigenvalue weighted by molar-refractivity contribution is 5.97. The fourth-order valence-corrected chi connectivity index (χ4v) is 2.94. The zero-order valence-electron chi connectivity index (χ0n) is 14.3. The molecule has 0 atom stereocenters. The molecule has 7 nitrogen and oxygen atoms in total. The second-order valence-electron chi connectivity index (χ2n) is 5.75. The summed E-state index contributed by atoms with van der Waals surface area (Å²) in [4.78, 5) is 24.1. The molecule has 0 saturated heterocycles. The predicted molar refractivity (Wildman–Crippen MR) is 101 cm³/mol. The van der Waals surface area contributed by atoms with Crippen molar-refractivity contribution in [3.05, 3.63) is 75.1 Å². The van der Waals surface area contributed by atoms with Gasteiger partial charge in [0.15, 0.2) is 0 Å². The third-order valence-electron chi connectivity index (χ3n) is 4.08. The van der Waals surface area contributed by atoms with Crippen LogP contribution >= 0.6 is 0 Å². The van der Waals surface area contributed by atoms with E-state index in [0.717, 1.165) is 0 Å². The number of hydrogen-bond donors (Lipinski definition) is 1. The number of benzene rings is 2. The lowest BCUT2D eigenvalue weighted by molar-refractivity contribution is -0.385. The van der Waals surface area contributed by atoms with E-state index in [1.54, 1.807) is 49.6 Å². The molecule has 0 aliphatic rings. The fraction of sp³-hybridized carbons (Fsp3) is 0.211. The number of methoxy groups -OCH3 is 1. The van der Waals surface area contributed by atoms with E-state index in [2.05, 4.69) is 5.32 Å². The molecule has 134 valence electrons. The third kappa shape index (κ3) is 3.29. The SMILES string of the molecule is COCCCNc1c([N+](=O)[O-])c(=O)n(-c2ccccc2)c2ccccc12. The van der Waals surface area contributed by atoms with Gasteiger partial charge in [0.2, 0.25) is 0 Å². The van der Waals surface area contributed by atoms with Crippen molar-refractivity contribution < 1.29 is 9.66 Å². The molecule has 1 N–H and O–H groups in total. The van der Waals surface area contributed by atoms with Crippen LogP contribution in [0.1, 0.15) is 6.42 Å². The molecular formula is C19H19N3O4. The van der Waals surface area contributed by atoms with Gasteiger partial charge in [0.1, 0.15) is 5.69 Å². The molecular weight excluding hydrogens is 334 g/mol. The molecule has 0 aliphatic carbocycles. The smallest absolute Gasteiger partial charge is 0.357 e. The molecule has 3 aromatic rings. The molecule has 0 radical (unpaired) electrons. The number of fused-ring (bicyclic) bond motifs is 1. The van der Waals surface area contributed by atoms with E-state index < -0.39 is 16.2 Å². The zero-order valence-corrected chi connectivity index (χ0v) is 14.3. The Balaban J connectivity index is 2.26. The normalized spacial score (nSPS) is 10.8. The first kappa shape index (κ1) is 17.6. The molecule has 0 fully saturated rings. The van der Waals surface area contributed by atoms with Gasteiger partial charge in [-0.3, -0.25) is 19.5 Å². The quantitative estimate of drug-likeness (QED) is 0.400. The molecule has 1 heterocycles. The lowest BCUT2D eigenvalue weighted by Crippen LogP contribution is -2.24. The zero-order chi connectivity index (χ0) is 18.5. The second-order valence-corrected chi connectivity index (χ2v) is 5.75. The van der Waals surface area contributed by atoms with Gasteiger partial charge in [0, 0.05) is 31.3 Å². The van der Waals surface area contributed by atoms with Crippen LogP contribution in [0.3, 0.4) is 0 Å². The van der Waals surface area contributed by atoms with E-state index in [4.69, 9.17) is 4.74 Å². The second kappa shape index (κ2) is 7.79. The Hall–Kier alpha value is -3.19. The molecule has 0 bridgehead atoms. The van der Waals surface area contributed by atoms with Gasteiger partial charge in [-0.25, -0.2) is 0 Å². The molecule has 0 unspecified atom stereocenters. The topological polar surface area (TPSA) is 86.4 Å². The van der Waals surface area contributed by atoms with Crippen molar-refractivity contribution in [3.8, 4) is 5.69 Å². The van der Waals surface area contributed by atoms with Crippen molar-refractivity contribution in [2.45, 2.75) is 6.42 Å². The molecule has 1 aromatic heterocycles. The maximum atomic E-state index is 13.0. The molecule has 3 rings (SSSR count). The number of pyridine rings is 1. The maximum Gasteiger partial charge on any atom is 0.357 e. The van der Waals surface area contributed by atoms with Crippen LogP contribution in [0.2, 0.25) is 0 Å². The van der Waals surface area contributed by atoms with Crippen molar-refractivity contribution in [1.82, 2.24) is 4.57 Å².